The van der Waals surface area contributed by atoms with Gasteiger partial charge in [-0.3, -0.25) is 0 Å². The van der Waals surface area contributed by atoms with Gasteiger partial charge in [-0.2, -0.15) is 0 Å². The molecule has 1 aromatic heterocycles. The van der Waals surface area contributed by atoms with Gasteiger partial charge in [0.2, 0.25) is 0 Å². The van der Waals surface area contributed by atoms with Crippen LogP contribution in [0.25, 0.3) is 0 Å². The molecule has 0 amide bonds. The number of aromatic nitrogens is 1. The number of nitrogens with zero attached hydrogens (tertiary/aromatic N) is 2. The number of hydrogen-bond acceptors (Lipinski definition) is 4. The Balaban J connectivity index is 2.19. The van der Waals surface area contributed by atoms with Crippen molar-refractivity contribution in [3.05, 3.63) is 10.6 Å². The lowest BCUT2D eigenvalue weighted by atomic mass is 10.1. The van der Waals surface area contributed by atoms with Crippen molar-refractivity contribution in [2.24, 2.45) is 11.7 Å². The fraction of sp³-hybridized carbons (Fsp3) is 0.769. The van der Waals surface area contributed by atoms with Gasteiger partial charge in [-0.15, -0.1) is 11.3 Å². The molecule has 1 atom stereocenters. The van der Waals surface area contributed by atoms with E-state index in [-0.39, 0.29) is 0 Å². The van der Waals surface area contributed by atoms with Crippen molar-refractivity contribution in [1.82, 2.24) is 4.98 Å². The van der Waals surface area contributed by atoms with E-state index in [1.165, 1.54) is 23.4 Å². The zero-order valence-corrected chi connectivity index (χ0v) is 12.0. The number of anilines is 1. The Morgan fingerprint density at radius 2 is 2.06 bits per heavy atom. The first-order valence-corrected chi connectivity index (χ1v) is 7.28. The summed E-state index contributed by atoms with van der Waals surface area (Å²) in [5.41, 5.74) is 6.98. The summed E-state index contributed by atoms with van der Waals surface area (Å²) in [4.78, 5) is 8.34. The van der Waals surface area contributed by atoms with Crippen LogP contribution in [0.1, 0.15) is 50.1 Å². The second-order valence-electron chi connectivity index (χ2n) is 5.35. The molecule has 0 saturated heterocycles. The van der Waals surface area contributed by atoms with Gasteiger partial charge in [0, 0.05) is 24.5 Å². The number of rotatable bonds is 5. The molecule has 1 unspecified atom stereocenters. The zero-order chi connectivity index (χ0) is 12.6. The minimum Gasteiger partial charge on any atom is -0.348 e. The normalized spacial score (nSPS) is 17.5. The Hall–Kier alpha value is -0.610. The molecule has 1 saturated carbocycles. The summed E-state index contributed by atoms with van der Waals surface area (Å²) in [6.07, 6.45) is 2.75. The average molecular weight is 253 g/mol. The molecule has 1 fully saturated rings. The van der Waals surface area contributed by atoms with E-state index in [0.717, 1.165) is 11.0 Å². The van der Waals surface area contributed by atoms with E-state index in [9.17, 15) is 0 Å². The molecule has 0 spiro atoms. The Bertz CT molecular complexity index is 382. The maximum absolute atomic E-state index is 5.80. The van der Waals surface area contributed by atoms with Crippen LogP contribution in [0.15, 0.2) is 0 Å². The smallest absolute Gasteiger partial charge is 0.185 e. The second kappa shape index (κ2) is 4.94. The van der Waals surface area contributed by atoms with Gasteiger partial charge >= 0.3 is 0 Å². The number of nitrogens with two attached hydrogens (primary N) is 1. The molecule has 0 bridgehead atoms. The topological polar surface area (TPSA) is 42.2 Å². The van der Waals surface area contributed by atoms with Crippen molar-refractivity contribution in [3.8, 4) is 0 Å². The molecular weight excluding hydrogens is 230 g/mol. The van der Waals surface area contributed by atoms with Gasteiger partial charge < -0.3 is 10.6 Å². The highest BCUT2D eigenvalue weighted by Crippen LogP contribution is 2.38. The van der Waals surface area contributed by atoms with E-state index in [2.05, 4.69) is 32.7 Å². The maximum atomic E-state index is 5.80. The third kappa shape index (κ3) is 2.63. The molecule has 17 heavy (non-hydrogen) atoms. The Morgan fingerprint density at radius 1 is 1.41 bits per heavy atom. The first kappa shape index (κ1) is 12.8. The van der Waals surface area contributed by atoms with Crippen molar-refractivity contribution in [2.75, 3.05) is 11.9 Å². The van der Waals surface area contributed by atoms with Crippen LogP contribution in [-0.4, -0.2) is 18.1 Å². The molecule has 1 heterocycles. The lowest BCUT2D eigenvalue weighted by Gasteiger charge is -2.24. The molecule has 96 valence electrons. The monoisotopic (exact) mass is 253 g/mol. The Morgan fingerprint density at radius 3 is 2.47 bits per heavy atom. The van der Waals surface area contributed by atoms with E-state index < -0.39 is 0 Å². The number of hydrogen-bond donors (Lipinski definition) is 1. The minimum atomic E-state index is 0.461. The van der Waals surface area contributed by atoms with E-state index in [0.29, 0.717) is 18.5 Å². The fourth-order valence-corrected chi connectivity index (χ4v) is 3.31. The van der Waals surface area contributed by atoms with Crippen LogP contribution >= 0.6 is 11.3 Å². The van der Waals surface area contributed by atoms with Gasteiger partial charge in [-0.05, 0) is 31.6 Å². The van der Waals surface area contributed by atoms with Crippen molar-refractivity contribution in [1.29, 1.82) is 0 Å². The lowest BCUT2D eigenvalue weighted by Crippen LogP contribution is -2.30. The van der Waals surface area contributed by atoms with Crippen LogP contribution in [-0.2, 0) is 6.54 Å². The number of thiazole rings is 1. The SMILES string of the molecule is CC(C)c1nc(N(C)C(C)C2CC2)sc1CN. The quantitative estimate of drug-likeness (QED) is 0.877. The first-order chi connectivity index (χ1) is 8.04. The van der Waals surface area contributed by atoms with Crippen LogP contribution in [0.3, 0.4) is 0 Å². The molecule has 1 aromatic rings. The van der Waals surface area contributed by atoms with Crippen LogP contribution < -0.4 is 10.6 Å². The van der Waals surface area contributed by atoms with Crippen molar-refractivity contribution in [3.63, 3.8) is 0 Å². The highest BCUT2D eigenvalue weighted by Gasteiger charge is 2.32. The molecule has 2 rings (SSSR count). The molecule has 0 radical (unpaired) electrons. The Kier molecular flexibility index (Phi) is 3.73. The van der Waals surface area contributed by atoms with Crippen LogP contribution in [0.2, 0.25) is 0 Å². The minimum absolute atomic E-state index is 0.461. The summed E-state index contributed by atoms with van der Waals surface area (Å²) in [5, 5.41) is 1.13. The standard InChI is InChI=1S/C13H23N3S/c1-8(2)12-11(7-14)17-13(15-12)16(4)9(3)10-5-6-10/h8-10H,5-7,14H2,1-4H3. The predicted molar refractivity (Wildman–Crippen MR) is 74.7 cm³/mol. The first-order valence-electron chi connectivity index (χ1n) is 6.47. The third-order valence-electron chi connectivity index (χ3n) is 3.67. The van der Waals surface area contributed by atoms with Crippen molar-refractivity contribution in [2.45, 2.75) is 52.1 Å². The highest BCUT2D eigenvalue weighted by atomic mass is 32.1. The predicted octanol–water partition coefficient (Wildman–Crippen LogP) is 2.96. The molecule has 4 heteroatoms. The highest BCUT2D eigenvalue weighted by molar-refractivity contribution is 7.15. The molecule has 1 aliphatic carbocycles. The third-order valence-corrected chi connectivity index (χ3v) is 4.85. The summed E-state index contributed by atoms with van der Waals surface area (Å²) in [6.45, 7) is 7.28. The van der Waals surface area contributed by atoms with Gasteiger partial charge in [0.1, 0.15) is 0 Å². The molecule has 3 nitrogen and oxygen atoms in total. The van der Waals surface area contributed by atoms with Crippen LogP contribution in [0.4, 0.5) is 5.13 Å². The van der Waals surface area contributed by atoms with Gasteiger partial charge in [0.15, 0.2) is 5.13 Å². The molecular formula is C13H23N3S. The Labute approximate surface area is 108 Å². The fourth-order valence-electron chi connectivity index (χ4n) is 2.17. The molecule has 0 aromatic carbocycles. The van der Waals surface area contributed by atoms with Crippen molar-refractivity contribution < 1.29 is 0 Å². The van der Waals surface area contributed by atoms with Gasteiger partial charge in [-0.25, -0.2) is 4.98 Å². The average Bonchev–Trinajstić information content (AvgIpc) is 3.05. The van der Waals surface area contributed by atoms with Gasteiger partial charge in [0.25, 0.3) is 0 Å². The van der Waals surface area contributed by atoms with E-state index >= 15 is 0 Å². The molecule has 1 aliphatic rings. The maximum Gasteiger partial charge on any atom is 0.185 e. The van der Waals surface area contributed by atoms with E-state index in [4.69, 9.17) is 10.7 Å². The zero-order valence-electron chi connectivity index (χ0n) is 11.2. The van der Waals surface area contributed by atoms with Gasteiger partial charge in [-0.1, -0.05) is 13.8 Å². The largest absolute Gasteiger partial charge is 0.348 e. The summed E-state index contributed by atoms with van der Waals surface area (Å²) in [6, 6.07) is 0.604. The molecule has 2 N–H and O–H groups in total. The lowest BCUT2D eigenvalue weighted by molar-refractivity contribution is 0.607. The summed E-state index contributed by atoms with van der Waals surface area (Å²) < 4.78 is 0. The van der Waals surface area contributed by atoms with E-state index in [1.54, 1.807) is 11.3 Å². The van der Waals surface area contributed by atoms with Gasteiger partial charge in [0.05, 0.1) is 5.69 Å². The summed E-state index contributed by atoms with van der Waals surface area (Å²) >= 11 is 1.76. The second-order valence-corrected chi connectivity index (χ2v) is 6.41. The summed E-state index contributed by atoms with van der Waals surface area (Å²) in [7, 11) is 2.16. The van der Waals surface area contributed by atoms with Crippen LogP contribution in [0.5, 0.6) is 0 Å². The van der Waals surface area contributed by atoms with Crippen molar-refractivity contribution >= 4 is 16.5 Å². The van der Waals surface area contributed by atoms with E-state index in [1.807, 2.05) is 0 Å². The molecule has 0 aliphatic heterocycles. The van der Waals surface area contributed by atoms with Crippen LogP contribution in [0, 0.1) is 5.92 Å². The summed E-state index contributed by atoms with van der Waals surface area (Å²) in [5.74, 6) is 1.33.